The highest BCUT2D eigenvalue weighted by Gasteiger charge is 2.09. The van der Waals surface area contributed by atoms with Gasteiger partial charge in [0.2, 0.25) is 0 Å². The SMILES string of the molecule is c1ccc2nc(-c3ccc4cc(-c5ccc6ncccc6n5)cnc4n3)ncc2c1. The van der Waals surface area contributed by atoms with E-state index in [9.17, 15) is 0 Å². The van der Waals surface area contributed by atoms with Crippen LogP contribution in [-0.4, -0.2) is 29.9 Å². The molecule has 0 aliphatic heterocycles. The molecule has 0 aliphatic carbocycles. The monoisotopic (exact) mass is 386 g/mol. The van der Waals surface area contributed by atoms with E-state index in [0.717, 1.165) is 38.6 Å². The minimum Gasteiger partial charge on any atom is -0.255 e. The third-order valence-corrected chi connectivity index (χ3v) is 5.01. The highest BCUT2D eigenvalue weighted by Crippen LogP contribution is 2.24. The molecule has 6 aromatic rings. The molecule has 0 fully saturated rings. The van der Waals surface area contributed by atoms with Gasteiger partial charge in [-0.3, -0.25) is 4.98 Å². The van der Waals surface area contributed by atoms with Crippen molar-refractivity contribution >= 4 is 33.0 Å². The molecule has 0 unspecified atom stereocenters. The summed E-state index contributed by atoms with van der Waals surface area (Å²) in [6.45, 7) is 0. The van der Waals surface area contributed by atoms with Crippen LogP contribution in [0.1, 0.15) is 0 Å². The zero-order chi connectivity index (χ0) is 19.9. The maximum absolute atomic E-state index is 4.70. The fraction of sp³-hybridized carbons (Fsp3) is 0. The Hall–Kier alpha value is -4.32. The average molecular weight is 386 g/mol. The van der Waals surface area contributed by atoms with Gasteiger partial charge in [-0.1, -0.05) is 18.2 Å². The van der Waals surface area contributed by atoms with Crippen LogP contribution in [0.5, 0.6) is 0 Å². The first-order valence-corrected chi connectivity index (χ1v) is 9.55. The van der Waals surface area contributed by atoms with Gasteiger partial charge in [0, 0.05) is 34.9 Å². The van der Waals surface area contributed by atoms with E-state index in [0.29, 0.717) is 17.2 Å². The number of aromatic nitrogens is 6. The molecule has 0 radical (unpaired) electrons. The highest BCUT2D eigenvalue weighted by molar-refractivity contribution is 5.84. The van der Waals surface area contributed by atoms with E-state index >= 15 is 0 Å². The molecule has 0 amide bonds. The summed E-state index contributed by atoms with van der Waals surface area (Å²) >= 11 is 0. The zero-order valence-corrected chi connectivity index (χ0v) is 15.8. The molecule has 0 aliphatic rings. The summed E-state index contributed by atoms with van der Waals surface area (Å²) in [5.41, 5.74) is 5.76. The van der Waals surface area contributed by atoms with Crippen LogP contribution in [0.25, 0.3) is 55.7 Å². The van der Waals surface area contributed by atoms with Crippen molar-refractivity contribution < 1.29 is 0 Å². The van der Waals surface area contributed by atoms with Gasteiger partial charge in [0.15, 0.2) is 11.5 Å². The number of para-hydroxylation sites is 1. The number of pyridine rings is 4. The Balaban J connectivity index is 1.41. The quantitative estimate of drug-likeness (QED) is 0.423. The van der Waals surface area contributed by atoms with Crippen molar-refractivity contribution in [1.82, 2.24) is 29.9 Å². The molecule has 0 spiro atoms. The largest absolute Gasteiger partial charge is 0.255 e. The van der Waals surface area contributed by atoms with Crippen LogP contribution >= 0.6 is 0 Å². The molecular formula is C24H14N6. The molecule has 6 nitrogen and oxygen atoms in total. The second-order valence-corrected chi connectivity index (χ2v) is 6.96. The van der Waals surface area contributed by atoms with E-state index in [1.54, 1.807) is 12.4 Å². The van der Waals surface area contributed by atoms with E-state index in [4.69, 9.17) is 4.98 Å². The minimum absolute atomic E-state index is 0.588. The lowest BCUT2D eigenvalue weighted by Crippen LogP contribution is -1.94. The molecule has 0 atom stereocenters. The van der Waals surface area contributed by atoms with Crippen LogP contribution < -0.4 is 0 Å². The van der Waals surface area contributed by atoms with Gasteiger partial charge >= 0.3 is 0 Å². The first-order chi connectivity index (χ1) is 14.8. The van der Waals surface area contributed by atoms with Crippen LogP contribution in [-0.2, 0) is 0 Å². The fourth-order valence-electron chi connectivity index (χ4n) is 3.49. The normalized spacial score (nSPS) is 11.3. The van der Waals surface area contributed by atoms with Crippen molar-refractivity contribution in [1.29, 1.82) is 0 Å². The van der Waals surface area contributed by atoms with Crippen LogP contribution in [0.3, 0.4) is 0 Å². The van der Waals surface area contributed by atoms with Crippen LogP contribution in [0.2, 0.25) is 0 Å². The van der Waals surface area contributed by atoms with Gasteiger partial charge in [-0.05, 0) is 48.5 Å². The second-order valence-electron chi connectivity index (χ2n) is 6.96. The number of benzene rings is 1. The molecule has 0 saturated carbocycles. The van der Waals surface area contributed by atoms with E-state index in [1.165, 1.54) is 0 Å². The van der Waals surface area contributed by atoms with Crippen LogP contribution in [0.4, 0.5) is 0 Å². The fourth-order valence-corrected chi connectivity index (χ4v) is 3.49. The van der Waals surface area contributed by atoms with Crippen molar-refractivity contribution in [2.45, 2.75) is 0 Å². The summed E-state index contributed by atoms with van der Waals surface area (Å²) in [5.74, 6) is 0.588. The predicted molar refractivity (Wildman–Crippen MR) is 117 cm³/mol. The maximum Gasteiger partial charge on any atom is 0.178 e. The maximum atomic E-state index is 4.70. The predicted octanol–water partition coefficient (Wildman–Crippen LogP) is 4.85. The molecule has 0 saturated heterocycles. The van der Waals surface area contributed by atoms with Gasteiger partial charge in [-0.15, -0.1) is 0 Å². The van der Waals surface area contributed by atoms with Crippen molar-refractivity contribution in [2.75, 3.05) is 0 Å². The van der Waals surface area contributed by atoms with Crippen molar-refractivity contribution in [3.8, 4) is 22.8 Å². The average Bonchev–Trinajstić information content (AvgIpc) is 2.83. The number of hydrogen-bond donors (Lipinski definition) is 0. The summed E-state index contributed by atoms with van der Waals surface area (Å²) in [4.78, 5) is 27.4. The molecule has 5 heterocycles. The highest BCUT2D eigenvalue weighted by atomic mass is 14.9. The Morgan fingerprint density at radius 2 is 1.43 bits per heavy atom. The lowest BCUT2D eigenvalue weighted by atomic mass is 10.1. The zero-order valence-electron chi connectivity index (χ0n) is 15.8. The summed E-state index contributed by atoms with van der Waals surface area (Å²) < 4.78 is 0. The van der Waals surface area contributed by atoms with E-state index in [1.807, 2.05) is 72.9 Å². The number of hydrogen-bond acceptors (Lipinski definition) is 6. The molecule has 1 aromatic carbocycles. The Kier molecular flexibility index (Phi) is 3.67. The van der Waals surface area contributed by atoms with E-state index in [-0.39, 0.29) is 0 Å². The summed E-state index contributed by atoms with van der Waals surface area (Å²) in [7, 11) is 0. The summed E-state index contributed by atoms with van der Waals surface area (Å²) in [6, 6.07) is 21.6. The van der Waals surface area contributed by atoms with E-state index in [2.05, 4.69) is 24.9 Å². The molecule has 6 heteroatoms. The molecule has 5 aromatic heterocycles. The van der Waals surface area contributed by atoms with Gasteiger partial charge in [-0.25, -0.2) is 24.9 Å². The molecule has 6 rings (SSSR count). The minimum atomic E-state index is 0.588. The van der Waals surface area contributed by atoms with Crippen molar-refractivity contribution in [2.24, 2.45) is 0 Å². The smallest absolute Gasteiger partial charge is 0.178 e. The molecule has 0 N–H and O–H groups in total. The van der Waals surface area contributed by atoms with Gasteiger partial charge in [0.25, 0.3) is 0 Å². The number of fused-ring (bicyclic) bond motifs is 3. The Morgan fingerprint density at radius 3 is 2.43 bits per heavy atom. The number of nitrogens with zero attached hydrogens (tertiary/aromatic N) is 6. The van der Waals surface area contributed by atoms with Crippen molar-refractivity contribution in [3.63, 3.8) is 0 Å². The van der Waals surface area contributed by atoms with Crippen LogP contribution in [0.15, 0.2) is 85.3 Å². The second kappa shape index (κ2) is 6.63. The Morgan fingerprint density at radius 1 is 0.533 bits per heavy atom. The summed E-state index contributed by atoms with van der Waals surface area (Å²) in [6.07, 6.45) is 5.38. The van der Waals surface area contributed by atoms with Gasteiger partial charge in [0.1, 0.15) is 5.69 Å². The van der Waals surface area contributed by atoms with Gasteiger partial charge in [0.05, 0.1) is 22.2 Å². The van der Waals surface area contributed by atoms with Crippen molar-refractivity contribution in [3.05, 3.63) is 85.3 Å². The Labute approximate surface area is 171 Å². The first kappa shape index (κ1) is 16.6. The summed E-state index contributed by atoms with van der Waals surface area (Å²) in [5, 5.41) is 1.94. The molecule has 30 heavy (non-hydrogen) atoms. The third-order valence-electron chi connectivity index (χ3n) is 5.01. The molecular weight excluding hydrogens is 372 g/mol. The molecule has 140 valence electrons. The van der Waals surface area contributed by atoms with Gasteiger partial charge < -0.3 is 0 Å². The molecule has 0 bridgehead atoms. The standard InChI is InChI=1S/C24H14N6/c1-2-5-18-16(4-1)13-27-24(29-18)22-8-7-15-12-17(14-26-23(15)30-22)19-9-10-20-21(28-19)6-3-11-25-20/h1-14H. The lowest BCUT2D eigenvalue weighted by molar-refractivity contribution is 1.18. The van der Waals surface area contributed by atoms with E-state index < -0.39 is 0 Å². The van der Waals surface area contributed by atoms with Crippen LogP contribution in [0, 0.1) is 0 Å². The van der Waals surface area contributed by atoms with Gasteiger partial charge in [-0.2, -0.15) is 0 Å². The lowest BCUT2D eigenvalue weighted by Gasteiger charge is -2.06. The number of rotatable bonds is 2. The topological polar surface area (TPSA) is 77.3 Å². The first-order valence-electron chi connectivity index (χ1n) is 9.55. The third kappa shape index (κ3) is 2.82. The Bertz CT molecular complexity index is 1440.